The summed E-state index contributed by atoms with van der Waals surface area (Å²) in [5.74, 6) is 0.735. The molecule has 1 unspecified atom stereocenters. The highest BCUT2D eigenvalue weighted by molar-refractivity contribution is 7.85. The van der Waals surface area contributed by atoms with E-state index in [-0.39, 0.29) is 16.7 Å². The third-order valence-electron chi connectivity index (χ3n) is 2.99. The van der Waals surface area contributed by atoms with Crippen LogP contribution >= 0.6 is 0 Å². The van der Waals surface area contributed by atoms with E-state index >= 15 is 0 Å². The van der Waals surface area contributed by atoms with E-state index in [0.717, 1.165) is 0 Å². The van der Waals surface area contributed by atoms with Crippen molar-refractivity contribution in [3.05, 3.63) is 23.8 Å². The van der Waals surface area contributed by atoms with Gasteiger partial charge in [-0.15, -0.1) is 0 Å². The van der Waals surface area contributed by atoms with Crippen LogP contribution in [0.5, 0.6) is 5.75 Å². The maximum absolute atomic E-state index is 11.3. The summed E-state index contributed by atoms with van der Waals surface area (Å²) >= 11 is 0. The Morgan fingerprint density at radius 1 is 1.24 bits per heavy atom. The van der Waals surface area contributed by atoms with E-state index in [0.29, 0.717) is 11.3 Å². The molecule has 0 heterocycles. The van der Waals surface area contributed by atoms with E-state index in [9.17, 15) is 13.0 Å². The number of rotatable bonds is 4. The predicted molar refractivity (Wildman–Crippen MR) is 66.1 cm³/mol. The van der Waals surface area contributed by atoms with Crippen molar-refractivity contribution in [2.24, 2.45) is 5.92 Å². The predicted octanol–water partition coefficient (Wildman–Crippen LogP) is 2.70. The molecule has 0 aliphatic carbocycles. The standard InChI is InChI=1S/C12H18O4S/c1-8(2)9(3)11-6-5-10(16-4)7-12(11)17(13,14)15/h5-9H,1-4H3,(H,13,14,15). The van der Waals surface area contributed by atoms with Crippen molar-refractivity contribution in [2.75, 3.05) is 7.11 Å². The summed E-state index contributed by atoms with van der Waals surface area (Å²) in [5.41, 5.74) is 0.614. The van der Waals surface area contributed by atoms with Crippen LogP contribution in [0, 0.1) is 5.92 Å². The third kappa shape index (κ3) is 3.20. The molecule has 17 heavy (non-hydrogen) atoms. The quantitative estimate of drug-likeness (QED) is 0.843. The molecular weight excluding hydrogens is 240 g/mol. The lowest BCUT2D eigenvalue weighted by Gasteiger charge is -2.19. The Balaban J connectivity index is 3.41. The summed E-state index contributed by atoms with van der Waals surface area (Å²) < 4.78 is 36.9. The van der Waals surface area contributed by atoms with E-state index in [4.69, 9.17) is 4.74 Å². The van der Waals surface area contributed by atoms with Crippen molar-refractivity contribution < 1.29 is 17.7 Å². The molecule has 0 aliphatic heterocycles. The molecule has 0 saturated carbocycles. The second-order valence-corrected chi connectivity index (χ2v) is 5.80. The zero-order chi connectivity index (χ0) is 13.2. The van der Waals surface area contributed by atoms with Crippen molar-refractivity contribution in [3.8, 4) is 5.75 Å². The molecule has 0 fully saturated rings. The first-order valence-corrected chi connectivity index (χ1v) is 6.86. The van der Waals surface area contributed by atoms with E-state index in [1.807, 2.05) is 20.8 Å². The molecule has 1 N–H and O–H groups in total. The summed E-state index contributed by atoms with van der Waals surface area (Å²) in [4.78, 5) is -0.0712. The Labute approximate surface area is 102 Å². The van der Waals surface area contributed by atoms with Crippen molar-refractivity contribution in [3.63, 3.8) is 0 Å². The summed E-state index contributed by atoms with van der Waals surface area (Å²) in [6.45, 7) is 5.94. The number of ether oxygens (including phenoxy) is 1. The molecule has 0 radical (unpaired) electrons. The number of hydrogen-bond acceptors (Lipinski definition) is 3. The fourth-order valence-corrected chi connectivity index (χ4v) is 2.42. The Morgan fingerprint density at radius 3 is 2.24 bits per heavy atom. The fourth-order valence-electron chi connectivity index (χ4n) is 1.60. The normalized spacial score (nSPS) is 13.8. The molecule has 5 heteroatoms. The molecule has 1 aromatic carbocycles. The Kier molecular flexibility index (Phi) is 4.16. The lowest BCUT2D eigenvalue weighted by atomic mass is 9.90. The van der Waals surface area contributed by atoms with Crippen molar-refractivity contribution in [2.45, 2.75) is 31.6 Å². The Morgan fingerprint density at radius 2 is 1.82 bits per heavy atom. The van der Waals surface area contributed by atoms with Gasteiger partial charge in [-0.3, -0.25) is 4.55 Å². The molecule has 1 rings (SSSR count). The highest BCUT2D eigenvalue weighted by atomic mass is 32.2. The van der Waals surface area contributed by atoms with Crippen LogP contribution in [0.3, 0.4) is 0 Å². The zero-order valence-corrected chi connectivity index (χ0v) is 11.3. The molecular formula is C12H18O4S. The maximum atomic E-state index is 11.3. The molecule has 0 bridgehead atoms. The second-order valence-electron chi connectivity index (χ2n) is 4.41. The van der Waals surface area contributed by atoms with Gasteiger partial charge in [0.25, 0.3) is 10.1 Å². The molecule has 1 atom stereocenters. The third-order valence-corrected chi connectivity index (χ3v) is 3.90. The minimum absolute atomic E-state index is 0.0397. The average Bonchev–Trinajstić information content (AvgIpc) is 2.26. The van der Waals surface area contributed by atoms with Crippen LogP contribution in [-0.4, -0.2) is 20.1 Å². The van der Waals surface area contributed by atoms with Gasteiger partial charge in [0.05, 0.1) is 7.11 Å². The SMILES string of the molecule is COc1ccc(C(C)C(C)C)c(S(=O)(=O)O)c1. The van der Waals surface area contributed by atoms with Crippen molar-refractivity contribution >= 4 is 10.1 Å². The van der Waals surface area contributed by atoms with Gasteiger partial charge >= 0.3 is 0 Å². The smallest absolute Gasteiger partial charge is 0.294 e. The number of benzene rings is 1. The monoisotopic (exact) mass is 258 g/mol. The minimum Gasteiger partial charge on any atom is -0.497 e. The summed E-state index contributed by atoms with van der Waals surface area (Å²) in [6.07, 6.45) is 0. The lowest BCUT2D eigenvalue weighted by Crippen LogP contribution is -2.10. The fraction of sp³-hybridized carbons (Fsp3) is 0.500. The van der Waals surface area contributed by atoms with Crippen LogP contribution in [0.2, 0.25) is 0 Å². The summed E-state index contributed by atoms with van der Waals surface area (Å²) in [6, 6.07) is 4.74. The van der Waals surface area contributed by atoms with E-state index in [2.05, 4.69) is 0 Å². The summed E-state index contributed by atoms with van der Waals surface area (Å²) in [5, 5.41) is 0. The molecule has 1 aromatic rings. The zero-order valence-electron chi connectivity index (χ0n) is 10.5. The maximum Gasteiger partial charge on any atom is 0.294 e. The van der Waals surface area contributed by atoms with Crippen LogP contribution in [0.4, 0.5) is 0 Å². The van der Waals surface area contributed by atoms with Gasteiger partial charge in [-0.05, 0) is 23.5 Å². The highest BCUT2D eigenvalue weighted by Crippen LogP contribution is 2.31. The largest absolute Gasteiger partial charge is 0.497 e. The van der Waals surface area contributed by atoms with E-state index < -0.39 is 10.1 Å². The van der Waals surface area contributed by atoms with Gasteiger partial charge in [-0.25, -0.2) is 0 Å². The molecule has 0 amide bonds. The van der Waals surface area contributed by atoms with Gasteiger partial charge in [0, 0.05) is 6.07 Å². The van der Waals surface area contributed by atoms with Crippen LogP contribution in [0.15, 0.2) is 23.1 Å². The molecule has 4 nitrogen and oxygen atoms in total. The van der Waals surface area contributed by atoms with Gasteiger partial charge in [0.15, 0.2) is 0 Å². The second kappa shape index (κ2) is 5.06. The first-order chi connectivity index (χ1) is 7.77. The van der Waals surface area contributed by atoms with Gasteiger partial charge in [-0.2, -0.15) is 8.42 Å². The van der Waals surface area contributed by atoms with Crippen molar-refractivity contribution in [1.29, 1.82) is 0 Å². The first-order valence-electron chi connectivity index (χ1n) is 5.42. The van der Waals surface area contributed by atoms with Gasteiger partial charge in [0.2, 0.25) is 0 Å². The Bertz CT molecular complexity index is 491. The summed E-state index contributed by atoms with van der Waals surface area (Å²) in [7, 11) is -2.77. The lowest BCUT2D eigenvalue weighted by molar-refractivity contribution is 0.411. The highest BCUT2D eigenvalue weighted by Gasteiger charge is 2.22. The van der Waals surface area contributed by atoms with Crippen LogP contribution in [0.25, 0.3) is 0 Å². The van der Waals surface area contributed by atoms with Gasteiger partial charge in [-0.1, -0.05) is 26.8 Å². The molecule has 0 saturated heterocycles. The number of hydrogen-bond donors (Lipinski definition) is 1. The van der Waals surface area contributed by atoms with Gasteiger partial charge < -0.3 is 4.74 Å². The van der Waals surface area contributed by atoms with Crippen LogP contribution < -0.4 is 4.74 Å². The molecule has 0 aliphatic rings. The number of methoxy groups -OCH3 is 1. The first kappa shape index (κ1) is 14.0. The molecule has 0 spiro atoms. The van der Waals surface area contributed by atoms with E-state index in [1.54, 1.807) is 12.1 Å². The average molecular weight is 258 g/mol. The van der Waals surface area contributed by atoms with Crippen LogP contribution in [0.1, 0.15) is 32.3 Å². The molecule has 96 valence electrons. The topological polar surface area (TPSA) is 63.6 Å². The molecule has 0 aromatic heterocycles. The Hall–Kier alpha value is -1.07. The van der Waals surface area contributed by atoms with Gasteiger partial charge in [0.1, 0.15) is 10.6 Å². The van der Waals surface area contributed by atoms with Crippen LogP contribution in [-0.2, 0) is 10.1 Å². The minimum atomic E-state index is -4.22. The van der Waals surface area contributed by atoms with Crippen molar-refractivity contribution in [1.82, 2.24) is 0 Å². The van der Waals surface area contributed by atoms with E-state index in [1.165, 1.54) is 13.2 Å².